The molecule has 7 nitrogen and oxygen atoms in total. The molecule has 1 aromatic carbocycles. The Balaban J connectivity index is 1.55. The van der Waals surface area contributed by atoms with E-state index in [-0.39, 0.29) is 24.4 Å². The number of carbonyl (C=O) groups is 2. The monoisotopic (exact) mass is 474 g/mol. The second kappa shape index (κ2) is 9.36. The molecule has 1 aliphatic heterocycles. The van der Waals surface area contributed by atoms with Crippen LogP contribution in [0.3, 0.4) is 0 Å². The molecule has 2 amide bonds. The van der Waals surface area contributed by atoms with Crippen molar-refractivity contribution < 1.29 is 14.0 Å². The second-order valence-electron chi connectivity index (χ2n) is 10.3. The molecule has 3 aromatic rings. The number of hydrogen-bond acceptors (Lipinski definition) is 4. The minimum Gasteiger partial charge on any atom is -0.463 e. The van der Waals surface area contributed by atoms with Crippen molar-refractivity contribution in [2.75, 3.05) is 4.90 Å². The molecule has 35 heavy (non-hydrogen) atoms. The van der Waals surface area contributed by atoms with Gasteiger partial charge in [0.25, 0.3) is 5.91 Å². The summed E-state index contributed by atoms with van der Waals surface area (Å²) < 4.78 is 7.18. The molecule has 1 unspecified atom stereocenters. The highest BCUT2D eigenvalue weighted by Crippen LogP contribution is 2.36. The first kappa shape index (κ1) is 23.4. The molecule has 1 aliphatic carbocycles. The van der Waals surface area contributed by atoms with Crippen LogP contribution in [0.1, 0.15) is 73.5 Å². The molecule has 184 valence electrons. The largest absolute Gasteiger partial charge is 0.463 e. The highest BCUT2D eigenvalue weighted by molar-refractivity contribution is 6.12. The first-order chi connectivity index (χ1) is 16.9. The molecular formula is C28H34N4O3. The van der Waals surface area contributed by atoms with Crippen molar-refractivity contribution in [1.82, 2.24) is 15.1 Å². The average molecular weight is 475 g/mol. The Hall–Kier alpha value is -3.35. The van der Waals surface area contributed by atoms with Crippen LogP contribution in [-0.2, 0) is 11.3 Å². The van der Waals surface area contributed by atoms with Gasteiger partial charge in [-0.1, -0.05) is 49.8 Å². The Morgan fingerprint density at radius 1 is 1.09 bits per heavy atom. The predicted octanol–water partition coefficient (Wildman–Crippen LogP) is 5.41. The van der Waals surface area contributed by atoms with Crippen molar-refractivity contribution >= 4 is 17.5 Å². The van der Waals surface area contributed by atoms with Gasteiger partial charge in [0, 0.05) is 17.8 Å². The lowest BCUT2D eigenvalue weighted by Gasteiger charge is -2.44. The molecule has 0 radical (unpaired) electrons. The van der Waals surface area contributed by atoms with Gasteiger partial charge in [-0.3, -0.25) is 19.2 Å². The van der Waals surface area contributed by atoms with E-state index in [4.69, 9.17) is 4.42 Å². The van der Waals surface area contributed by atoms with Crippen LogP contribution in [0.25, 0.3) is 11.5 Å². The van der Waals surface area contributed by atoms with Crippen molar-refractivity contribution in [3.05, 3.63) is 59.5 Å². The van der Waals surface area contributed by atoms with Gasteiger partial charge < -0.3 is 9.73 Å². The third-order valence-corrected chi connectivity index (χ3v) is 7.45. The zero-order chi connectivity index (χ0) is 24.6. The number of aryl methyl sites for hydroxylation is 2. The van der Waals surface area contributed by atoms with E-state index < -0.39 is 5.54 Å². The van der Waals surface area contributed by atoms with Crippen LogP contribution < -0.4 is 10.2 Å². The Morgan fingerprint density at radius 3 is 2.51 bits per heavy atom. The van der Waals surface area contributed by atoms with E-state index in [2.05, 4.69) is 16.5 Å². The lowest BCUT2D eigenvalue weighted by atomic mass is 9.91. The van der Waals surface area contributed by atoms with E-state index in [1.165, 1.54) is 19.3 Å². The van der Waals surface area contributed by atoms with Gasteiger partial charge in [0.2, 0.25) is 5.91 Å². The smallest absolute Gasteiger partial charge is 0.277 e. The third kappa shape index (κ3) is 4.40. The number of carbonyl (C=O) groups excluding carboxylic acids is 2. The van der Waals surface area contributed by atoms with E-state index in [9.17, 15) is 9.59 Å². The normalized spacial score (nSPS) is 21.3. The molecule has 1 atom stereocenters. The molecule has 7 heteroatoms. The molecule has 1 fully saturated rings. The van der Waals surface area contributed by atoms with E-state index in [1.807, 2.05) is 39.0 Å². The first-order valence-electron chi connectivity index (χ1n) is 12.7. The number of nitrogens with zero attached hydrogens (tertiary/aromatic N) is 3. The van der Waals surface area contributed by atoms with Gasteiger partial charge in [0.15, 0.2) is 5.76 Å². The molecule has 0 saturated heterocycles. The lowest BCUT2D eigenvalue weighted by Crippen LogP contribution is -2.65. The van der Waals surface area contributed by atoms with E-state index in [0.29, 0.717) is 17.1 Å². The van der Waals surface area contributed by atoms with Gasteiger partial charge in [0.05, 0.1) is 12.8 Å². The fraction of sp³-hybridized carbons (Fsp3) is 0.464. The minimum absolute atomic E-state index is 0.128. The Kier molecular flexibility index (Phi) is 6.26. The Bertz CT molecular complexity index is 1220. The molecular weight excluding hydrogens is 440 g/mol. The van der Waals surface area contributed by atoms with Crippen LogP contribution in [-0.4, -0.2) is 33.2 Å². The molecule has 3 heterocycles. The van der Waals surface area contributed by atoms with Gasteiger partial charge in [-0.15, -0.1) is 0 Å². The topological polar surface area (TPSA) is 80.4 Å². The van der Waals surface area contributed by atoms with Gasteiger partial charge in [0.1, 0.15) is 16.9 Å². The zero-order valence-corrected chi connectivity index (χ0v) is 20.8. The molecule has 0 spiro atoms. The van der Waals surface area contributed by atoms with Crippen molar-refractivity contribution in [2.24, 2.45) is 0 Å². The molecule has 5 rings (SSSR count). The summed E-state index contributed by atoms with van der Waals surface area (Å²) >= 11 is 0. The summed E-state index contributed by atoms with van der Waals surface area (Å²) in [6, 6.07) is 11.5. The Labute approximate surface area is 206 Å². The first-order valence-corrected chi connectivity index (χ1v) is 12.7. The summed E-state index contributed by atoms with van der Waals surface area (Å²) in [5, 5.41) is 7.98. The summed E-state index contributed by atoms with van der Waals surface area (Å²) in [4.78, 5) is 29.7. The average Bonchev–Trinajstić information content (AvgIpc) is 3.47. The number of rotatable bonds is 4. The van der Waals surface area contributed by atoms with E-state index in [1.54, 1.807) is 28.0 Å². The van der Waals surface area contributed by atoms with Crippen LogP contribution in [0.4, 0.5) is 5.69 Å². The number of benzene rings is 1. The summed E-state index contributed by atoms with van der Waals surface area (Å²) in [5.41, 5.74) is 2.74. The number of fused-ring (bicyclic) bond motifs is 1. The van der Waals surface area contributed by atoms with Gasteiger partial charge in [-0.2, -0.15) is 5.10 Å². The van der Waals surface area contributed by atoms with Crippen molar-refractivity contribution in [3.63, 3.8) is 0 Å². The highest BCUT2D eigenvalue weighted by Gasteiger charge is 2.49. The summed E-state index contributed by atoms with van der Waals surface area (Å²) in [6.07, 6.45) is 9.49. The fourth-order valence-corrected chi connectivity index (χ4v) is 5.50. The molecule has 2 aliphatic rings. The summed E-state index contributed by atoms with van der Waals surface area (Å²) in [7, 11) is 0. The molecule has 2 aromatic heterocycles. The summed E-state index contributed by atoms with van der Waals surface area (Å²) in [5.74, 6) is 0.236. The number of hydrogen-bond donors (Lipinski definition) is 1. The number of furan rings is 1. The van der Waals surface area contributed by atoms with Crippen molar-refractivity contribution in [3.8, 4) is 11.5 Å². The third-order valence-electron chi connectivity index (χ3n) is 7.45. The summed E-state index contributed by atoms with van der Waals surface area (Å²) in [6.45, 7) is 6.14. The van der Waals surface area contributed by atoms with Crippen LogP contribution in [0, 0.1) is 13.8 Å². The van der Waals surface area contributed by atoms with Gasteiger partial charge in [-0.25, -0.2) is 0 Å². The SMILES string of the molecule is Cc1ccc(N2C(=O)c3cc(-c4ccco4)nn3CC2(C)C(=O)NC2CCCCCCC2)c(C)c1. The quantitative estimate of drug-likeness (QED) is 0.548. The number of anilines is 1. The maximum absolute atomic E-state index is 14.0. The zero-order valence-electron chi connectivity index (χ0n) is 20.8. The van der Waals surface area contributed by atoms with Crippen LogP contribution in [0.15, 0.2) is 47.1 Å². The number of nitrogens with one attached hydrogen (secondary N) is 1. The number of amides is 2. The second-order valence-corrected chi connectivity index (χ2v) is 10.3. The lowest BCUT2D eigenvalue weighted by molar-refractivity contribution is -0.127. The van der Waals surface area contributed by atoms with Crippen molar-refractivity contribution in [2.45, 2.75) is 83.8 Å². The van der Waals surface area contributed by atoms with Crippen LogP contribution in [0.2, 0.25) is 0 Å². The molecule has 0 bridgehead atoms. The van der Waals surface area contributed by atoms with E-state index >= 15 is 0 Å². The van der Waals surface area contributed by atoms with Gasteiger partial charge in [-0.05, 0) is 57.4 Å². The highest BCUT2D eigenvalue weighted by atomic mass is 16.3. The number of aromatic nitrogens is 2. The van der Waals surface area contributed by atoms with Gasteiger partial charge >= 0.3 is 0 Å². The molecule has 1 saturated carbocycles. The fourth-order valence-electron chi connectivity index (χ4n) is 5.50. The van der Waals surface area contributed by atoms with E-state index in [0.717, 1.165) is 42.5 Å². The van der Waals surface area contributed by atoms with Crippen LogP contribution in [0.5, 0.6) is 0 Å². The maximum Gasteiger partial charge on any atom is 0.277 e. The Morgan fingerprint density at radius 2 is 1.83 bits per heavy atom. The van der Waals surface area contributed by atoms with Crippen molar-refractivity contribution in [1.29, 1.82) is 0 Å². The minimum atomic E-state index is -1.13. The molecule has 1 N–H and O–H groups in total. The predicted molar refractivity (Wildman–Crippen MR) is 135 cm³/mol. The standard InChI is InChI=1S/C28H34N4O3/c1-19-13-14-23(20(2)16-19)32-26(33)24-17-22(25-12-9-15-35-25)30-31(24)18-28(32,3)27(34)29-21-10-7-5-4-6-8-11-21/h9,12-17,21H,4-8,10-11,18H2,1-3H3,(H,29,34). The maximum atomic E-state index is 14.0. The van der Waals surface area contributed by atoms with Crippen LogP contribution >= 0.6 is 0 Å².